The number of hydrogen-bond acceptors (Lipinski definition) is 4. The smallest absolute Gasteiger partial charge is 0.407 e. The predicted octanol–water partition coefficient (Wildman–Crippen LogP) is 2.46. The first-order chi connectivity index (χ1) is 9.53. The number of amides is 1. The minimum atomic E-state index is -4.25. The molecular formula is C13H25F3N2O3. The molecule has 0 aliphatic heterocycles. The summed E-state index contributed by atoms with van der Waals surface area (Å²) in [4.78, 5) is 11.4. The lowest BCUT2D eigenvalue weighted by Crippen LogP contribution is -2.40. The van der Waals surface area contributed by atoms with Gasteiger partial charge in [-0.05, 0) is 33.6 Å². The number of rotatable bonds is 8. The number of alkyl carbamates (subject to hydrolysis) is 1. The molecule has 0 radical (unpaired) electrons. The van der Waals surface area contributed by atoms with Crippen LogP contribution in [0.4, 0.5) is 18.0 Å². The van der Waals surface area contributed by atoms with Crippen molar-refractivity contribution in [2.75, 3.05) is 26.8 Å². The zero-order valence-corrected chi connectivity index (χ0v) is 13.0. The van der Waals surface area contributed by atoms with Gasteiger partial charge in [-0.25, -0.2) is 4.79 Å². The Hall–Kier alpha value is -1.02. The van der Waals surface area contributed by atoms with Crippen LogP contribution in [0.25, 0.3) is 0 Å². The topological polar surface area (TPSA) is 59.6 Å². The lowest BCUT2D eigenvalue weighted by molar-refractivity contribution is -0.127. The van der Waals surface area contributed by atoms with E-state index in [2.05, 4.69) is 10.6 Å². The normalized spacial score (nSPS) is 13.9. The number of carbonyl (C=O) groups excluding carboxylic acids is 1. The maximum absolute atomic E-state index is 12.1. The van der Waals surface area contributed by atoms with Gasteiger partial charge in [-0.2, -0.15) is 13.2 Å². The lowest BCUT2D eigenvalue weighted by atomic mass is 10.1. The van der Waals surface area contributed by atoms with E-state index < -0.39 is 30.5 Å². The molecule has 0 bridgehead atoms. The molecule has 0 aromatic carbocycles. The quantitative estimate of drug-likeness (QED) is 0.676. The lowest BCUT2D eigenvalue weighted by Gasteiger charge is -2.21. The zero-order valence-electron chi connectivity index (χ0n) is 13.0. The van der Waals surface area contributed by atoms with Crippen LogP contribution in [0.15, 0.2) is 0 Å². The van der Waals surface area contributed by atoms with Crippen LogP contribution in [0.1, 0.15) is 33.6 Å². The summed E-state index contributed by atoms with van der Waals surface area (Å²) in [6.45, 7) is 4.72. The molecular weight excluding hydrogens is 289 g/mol. The van der Waals surface area contributed by atoms with Crippen LogP contribution in [0, 0.1) is 0 Å². The molecule has 0 aliphatic rings. The maximum Gasteiger partial charge on any atom is 0.407 e. The van der Waals surface area contributed by atoms with Gasteiger partial charge in [0.2, 0.25) is 0 Å². The van der Waals surface area contributed by atoms with Crippen molar-refractivity contribution in [3.63, 3.8) is 0 Å². The van der Waals surface area contributed by atoms with Crippen molar-refractivity contribution in [1.82, 2.24) is 10.6 Å². The van der Waals surface area contributed by atoms with Crippen molar-refractivity contribution in [3.8, 4) is 0 Å². The van der Waals surface area contributed by atoms with Crippen molar-refractivity contribution < 1.29 is 27.4 Å². The number of alkyl halides is 3. The number of methoxy groups -OCH3 is 1. The fraction of sp³-hybridized carbons (Fsp3) is 0.923. The van der Waals surface area contributed by atoms with E-state index in [0.29, 0.717) is 19.4 Å². The molecule has 0 saturated carbocycles. The fourth-order valence-electron chi connectivity index (χ4n) is 1.56. The highest BCUT2D eigenvalue weighted by molar-refractivity contribution is 5.67. The molecule has 0 saturated heterocycles. The van der Waals surface area contributed by atoms with Gasteiger partial charge in [0, 0.05) is 19.7 Å². The molecule has 1 amide bonds. The number of hydrogen-bond donors (Lipinski definition) is 2. The minimum absolute atomic E-state index is 0.183. The third kappa shape index (κ3) is 13.7. The molecule has 5 nitrogen and oxygen atoms in total. The highest BCUT2D eigenvalue weighted by atomic mass is 19.4. The van der Waals surface area contributed by atoms with Crippen LogP contribution in [0.2, 0.25) is 0 Å². The molecule has 0 fully saturated rings. The van der Waals surface area contributed by atoms with E-state index >= 15 is 0 Å². The zero-order chi connectivity index (χ0) is 16.5. The molecule has 2 N–H and O–H groups in total. The van der Waals surface area contributed by atoms with E-state index in [4.69, 9.17) is 9.47 Å². The molecule has 1 unspecified atom stereocenters. The van der Waals surface area contributed by atoms with Crippen LogP contribution in [0.3, 0.4) is 0 Å². The molecule has 1 atom stereocenters. The maximum atomic E-state index is 12.1. The third-order valence-corrected chi connectivity index (χ3v) is 2.36. The van der Waals surface area contributed by atoms with Gasteiger partial charge in [0.05, 0.1) is 13.2 Å². The second kappa shape index (κ2) is 9.09. The van der Waals surface area contributed by atoms with Crippen molar-refractivity contribution in [2.45, 2.75) is 51.4 Å². The second-order valence-corrected chi connectivity index (χ2v) is 5.72. The van der Waals surface area contributed by atoms with Gasteiger partial charge in [-0.3, -0.25) is 0 Å². The van der Waals surface area contributed by atoms with Crippen LogP contribution < -0.4 is 10.6 Å². The third-order valence-electron chi connectivity index (χ3n) is 2.36. The first-order valence-electron chi connectivity index (χ1n) is 6.79. The first-order valence-corrected chi connectivity index (χ1v) is 6.79. The largest absolute Gasteiger partial charge is 0.444 e. The Bertz CT molecular complexity index is 304. The van der Waals surface area contributed by atoms with E-state index in [1.165, 1.54) is 7.11 Å². The van der Waals surface area contributed by atoms with Crippen molar-refractivity contribution in [3.05, 3.63) is 0 Å². The summed E-state index contributed by atoms with van der Waals surface area (Å²) in [5, 5.41) is 4.95. The first kappa shape index (κ1) is 20.0. The van der Waals surface area contributed by atoms with Gasteiger partial charge in [-0.15, -0.1) is 0 Å². The Morgan fingerprint density at radius 1 is 1.24 bits per heavy atom. The van der Waals surface area contributed by atoms with Gasteiger partial charge in [-0.1, -0.05) is 0 Å². The van der Waals surface area contributed by atoms with E-state index in [1.54, 1.807) is 20.8 Å². The Kier molecular flexibility index (Phi) is 8.65. The van der Waals surface area contributed by atoms with E-state index in [0.717, 1.165) is 0 Å². The molecule has 21 heavy (non-hydrogen) atoms. The Labute approximate surface area is 123 Å². The highest BCUT2D eigenvalue weighted by Gasteiger charge is 2.27. The summed E-state index contributed by atoms with van der Waals surface area (Å²) < 4.78 is 46.3. The van der Waals surface area contributed by atoms with Crippen LogP contribution >= 0.6 is 0 Å². The SMILES string of the molecule is COCC(CCCNC(=O)OC(C)(C)C)NCC(F)(F)F. The van der Waals surface area contributed by atoms with Crippen LogP contribution in [-0.4, -0.2) is 50.7 Å². The predicted molar refractivity (Wildman–Crippen MR) is 73.2 cm³/mol. The Morgan fingerprint density at radius 3 is 2.33 bits per heavy atom. The Balaban J connectivity index is 3.90. The fourth-order valence-corrected chi connectivity index (χ4v) is 1.56. The average molecular weight is 314 g/mol. The van der Waals surface area contributed by atoms with Crippen LogP contribution in [-0.2, 0) is 9.47 Å². The molecule has 0 aromatic heterocycles. The molecule has 0 spiro atoms. The average Bonchev–Trinajstić information content (AvgIpc) is 2.28. The Morgan fingerprint density at radius 2 is 1.86 bits per heavy atom. The minimum Gasteiger partial charge on any atom is -0.444 e. The number of nitrogens with one attached hydrogen (secondary N) is 2. The summed E-state index contributed by atoms with van der Waals surface area (Å²) >= 11 is 0. The molecule has 8 heteroatoms. The number of halogens is 3. The summed E-state index contributed by atoms with van der Waals surface area (Å²) in [5.74, 6) is 0. The van der Waals surface area contributed by atoms with Gasteiger partial charge in [0.1, 0.15) is 5.60 Å². The second-order valence-electron chi connectivity index (χ2n) is 5.72. The number of carbonyl (C=O) groups is 1. The summed E-state index contributed by atoms with van der Waals surface area (Å²) in [5.41, 5.74) is -0.572. The number of ether oxygens (including phenoxy) is 2. The van der Waals surface area contributed by atoms with Gasteiger partial charge >= 0.3 is 12.3 Å². The molecule has 0 aliphatic carbocycles. The monoisotopic (exact) mass is 314 g/mol. The van der Waals surface area contributed by atoms with E-state index in [1.807, 2.05) is 0 Å². The van der Waals surface area contributed by atoms with Gasteiger partial charge < -0.3 is 20.1 Å². The summed E-state index contributed by atoms with van der Waals surface area (Å²) in [6, 6.07) is -0.405. The van der Waals surface area contributed by atoms with E-state index in [-0.39, 0.29) is 6.61 Å². The van der Waals surface area contributed by atoms with Gasteiger partial charge in [0.25, 0.3) is 0 Å². The van der Waals surface area contributed by atoms with E-state index in [9.17, 15) is 18.0 Å². The molecule has 0 heterocycles. The standard InChI is InChI=1S/C13H25F3N2O3/c1-12(2,3)21-11(19)17-7-5-6-10(8-20-4)18-9-13(14,15)16/h10,18H,5-9H2,1-4H3,(H,17,19). The van der Waals surface area contributed by atoms with Crippen LogP contribution in [0.5, 0.6) is 0 Å². The van der Waals surface area contributed by atoms with Crippen molar-refractivity contribution >= 4 is 6.09 Å². The highest BCUT2D eigenvalue weighted by Crippen LogP contribution is 2.13. The van der Waals surface area contributed by atoms with Crippen molar-refractivity contribution in [2.24, 2.45) is 0 Å². The molecule has 0 rings (SSSR count). The summed E-state index contributed by atoms with van der Waals surface area (Å²) in [6.07, 6.45) is -3.80. The molecule has 126 valence electrons. The van der Waals surface area contributed by atoms with Crippen molar-refractivity contribution in [1.29, 1.82) is 0 Å². The van der Waals surface area contributed by atoms with Gasteiger partial charge in [0.15, 0.2) is 0 Å². The molecule has 0 aromatic rings. The summed E-state index contributed by atoms with van der Waals surface area (Å²) in [7, 11) is 1.43.